The van der Waals surface area contributed by atoms with Gasteiger partial charge < -0.3 is 14.8 Å². The molecule has 0 unspecified atom stereocenters. The summed E-state index contributed by atoms with van der Waals surface area (Å²) in [6, 6.07) is 63.4. The van der Waals surface area contributed by atoms with E-state index in [2.05, 4.69) is 211 Å². The van der Waals surface area contributed by atoms with Gasteiger partial charge in [-0.05, 0) is 168 Å². The maximum Gasteiger partial charge on any atom is 0.155 e. The van der Waals surface area contributed by atoms with Gasteiger partial charge in [0.05, 0.1) is 11.5 Å². The molecule has 3 aliphatic carbocycles. The molecule has 0 aliphatic heterocycles. The first-order chi connectivity index (χ1) is 39.7. The van der Waals surface area contributed by atoms with E-state index in [1.165, 1.54) is 162 Å². The van der Waals surface area contributed by atoms with Crippen molar-refractivity contribution in [3.8, 4) is 95.8 Å². The fourth-order valence-corrected chi connectivity index (χ4v) is 13.8. The van der Waals surface area contributed by atoms with Crippen LogP contribution in [0.4, 0.5) is 0 Å². The minimum atomic E-state index is -0.241. The minimum Gasteiger partial charge on any atom is -0.512 e. The van der Waals surface area contributed by atoms with Crippen molar-refractivity contribution in [3.63, 3.8) is 0 Å². The van der Waals surface area contributed by atoms with Gasteiger partial charge in [0.25, 0.3) is 0 Å². The van der Waals surface area contributed by atoms with E-state index in [0.29, 0.717) is 5.75 Å². The first-order valence-electron chi connectivity index (χ1n) is 29.9. The number of benzene rings is 8. The Kier molecular flexibility index (Phi) is 17.2. The number of aliphatic hydroxyl groups is 1. The van der Waals surface area contributed by atoms with Crippen molar-refractivity contribution in [3.05, 3.63) is 215 Å². The summed E-state index contributed by atoms with van der Waals surface area (Å²) < 4.78 is 6.06. The van der Waals surface area contributed by atoms with Crippen LogP contribution in [0.2, 0.25) is 0 Å². The summed E-state index contributed by atoms with van der Waals surface area (Å²) >= 11 is 0. The van der Waals surface area contributed by atoms with E-state index in [1.807, 2.05) is 12.3 Å². The number of unbranched alkanes of at least 4 members (excludes halogenated alkanes) is 6. The maximum absolute atomic E-state index is 10.0. The van der Waals surface area contributed by atoms with Crippen molar-refractivity contribution in [1.82, 2.24) is 4.98 Å². The monoisotopic (exact) mass is 1270 g/mol. The molecule has 1 heterocycles. The number of hydrogen-bond donors (Lipinski definition) is 1. The van der Waals surface area contributed by atoms with E-state index in [4.69, 9.17) is 14.8 Å². The van der Waals surface area contributed by atoms with Crippen LogP contribution < -0.4 is 4.74 Å². The molecule has 83 heavy (non-hydrogen) atoms. The molecular formula is C78H76IrNO3-. The molecule has 8 aromatic carbocycles. The summed E-state index contributed by atoms with van der Waals surface area (Å²) in [5.41, 5.74) is 25.4. The minimum absolute atomic E-state index is 0. The molecule has 5 heteroatoms. The van der Waals surface area contributed by atoms with Crippen LogP contribution in [0.25, 0.3) is 88.8 Å². The molecule has 1 aromatic heterocycles. The number of rotatable bonds is 16. The third kappa shape index (κ3) is 11.0. The van der Waals surface area contributed by atoms with E-state index in [-0.39, 0.29) is 47.9 Å². The van der Waals surface area contributed by atoms with Crippen LogP contribution in [0, 0.1) is 18.1 Å². The molecule has 4 nitrogen and oxygen atoms in total. The predicted molar refractivity (Wildman–Crippen MR) is 342 cm³/mol. The first-order valence-corrected chi connectivity index (χ1v) is 29.9. The van der Waals surface area contributed by atoms with Gasteiger partial charge in [-0.25, -0.2) is 0 Å². The average Bonchev–Trinajstić information content (AvgIpc) is 2.14. The molecule has 3 aliphatic rings. The molecule has 0 spiro atoms. The third-order valence-corrected chi connectivity index (χ3v) is 18.0. The summed E-state index contributed by atoms with van der Waals surface area (Å²) in [6.45, 7) is 18.9. The molecule has 1 N–H and O–H groups in total. The van der Waals surface area contributed by atoms with E-state index < -0.39 is 0 Å². The zero-order chi connectivity index (χ0) is 57.3. The Balaban J connectivity index is 0.000000906. The number of carbonyl (C=O) groups is 1. The van der Waals surface area contributed by atoms with Crippen LogP contribution in [0.15, 0.2) is 176 Å². The van der Waals surface area contributed by atoms with E-state index in [9.17, 15) is 4.79 Å². The van der Waals surface area contributed by atoms with E-state index >= 15 is 0 Å². The number of aliphatic hydroxyl groups excluding tert-OH is 1. The predicted octanol–water partition coefficient (Wildman–Crippen LogP) is 20.9. The van der Waals surface area contributed by atoms with Crippen LogP contribution in [0.5, 0.6) is 5.75 Å². The Labute approximate surface area is 506 Å². The van der Waals surface area contributed by atoms with Crippen molar-refractivity contribution < 1.29 is 34.7 Å². The standard InChI is InChI=1S/C73H68NO.C5H8O2.Ir/c1-8-11-13-19-38-73(39-20-14-12-9-2)63-24-18-17-23-56(63)61-34-28-52(46-68(61)73)51-27-33-58-57-31-25-49(43-64(57)71(4,5)65(58)45-51)50-26-32-59-60-35-29-53(47-67(60)72(6,7)66(59)44-50)62-42-54(30-36-69(62)75-41-10-3)70-55-22-16-15-21-48(55)37-40-74-70;1-4(6)3-5(2)7;/h15-18,21-29,31-37,40,42-47H,8-9,11-14,19-20,38-39H2,1-7H3;3,6H,1-2H3;/q-1;;/b;4-3-;. The topological polar surface area (TPSA) is 59.4 Å². The van der Waals surface area contributed by atoms with Gasteiger partial charge in [0, 0.05) is 55.5 Å². The molecule has 12 rings (SSSR count). The molecule has 0 saturated heterocycles. The van der Waals surface area contributed by atoms with Crippen molar-refractivity contribution in [1.29, 1.82) is 0 Å². The summed E-state index contributed by atoms with van der Waals surface area (Å²) in [7, 11) is 0. The molecule has 421 valence electrons. The number of ether oxygens (including phenoxy) is 1. The van der Waals surface area contributed by atoms with E-state index in [0.717, 1.165) is 33.2 Å². The quantitative estimate of drug-likeness (QED) is 0.0344. The summed E-state index contributed by atoms with van der Waals surface area (Å²) in [6.07, 6.45) is 18.7. The summed E-state index contributed by atoms with van der Waals surface area (Å²) in [5, 5.41) is 10.6. The van der Waals surface area contributed by atoms with Gasteiger partial charge in [-0.2, -0.15) is 0 Å². The molecular weight excluding hydrogens is 1190 g/mol. The summed E-state index contributed by atoms with van der Waals surface area (Å²) in [4.78, 5) is 14.9. The van der Waals surface area contributed by atoms with Crippen molar-refractivity contribution in [2.24, 2.45) is 0 Å². The second-order valence-electron chi connectivity index (χ2n) is 24.2. The average molecular weight is 1270 g/mol. The van der Waals surface area contributed by atoms with Crippen LogP contribution in [-0.2, 0) is 41.1 Å². The smallest absolute Gasteiger partial charge is 0.155 e. The number of carbonyl (C=O) groups excluding carboxylic acids is 1. The van der Waals surface area contributed by atoms with Gasteiger partial charge in [-0.1, -0.05) is 220 Å². The normalized spacial score (nSPS) is 14.1. The number of ketones is 1. The van der Waals surface area contributed by atoms with Crippen LogP contribution in [-0.4, -0.2) is 15.9 Å². The fraction of sp³-hybridized carbons (Fsp3) is 0.282. The first kappa shape index (κ1) is 58.6. The van der Waals surface area contributed by atoms with Gasteiger partial charge >= 0.3 is 0 Å². The van der Waals surface area contributed by atoms with Gasteiger partial charge in [0.2, 0.25) is 0 Å². The Hall–Kier alpha value is -7.61. The zero-order valence-corrected chi connectivity index (χ0v) is 52.2. The SMILES string of the molecule is CC#COc1c[c-]c(-c2nccc3ccccc23)cc1-c1ccc2c(c1)C(C)(C)c1cc(-c3ccc4c(c3)C(C)(C)c3cc(-c5ccc6c(c5)C(CCCCCC)(CCCCCC)c5ccccc5-6)ccc3-4)ccc1-2.CC(=O)/C=C(/C)O.[Ir]. The van der Waals surface area contributed by atoms with Gasteiger partial charge in [0.1, 0.15) is 6.11 Å². The Morgan fingerprint density at radius 2 is 1.02 bits per heavy atom. The fourth-order valence-electron chi connectivity index (χ4n) is 13.8. The second-order valence-corrected chi connectivity index (χ2v) is 24.2. The number of pyridine rings is 1. The molecule has 1 radical (unpaired) electrons. The summed E-state index contributed by atoms with van der Waals surface area (Å²) in [5.74, 6) is 3.53. The number of aromatic nitrogens is 1. The number of nitrogens with zero attached hydrogens (tertiary/aromatic N) is 1. The number of allylic oxidation sites excluding steroid dienone is 2. The van der Waals surface area contributed by atoms with Gasteiger partial charge in [0.15, 0.2) is 5.78 Å². The molecule has 9 aromatic rings. The van der Waals surface area contributed by atoms with Crippen molar-refractivity contribution in [2.45, 2.75) is 143 Å². The number of fused-ring (bicyclic) bond motifs is 10. The number of hydrogen-bond acceptors (Lipinski definition) is 4. The van der Waals surface area contributed by atoms with Crippen LogP contribution in [0.1, 0.15) is 160 Å². The zero-order valence-electron chi connectivity index (χ0n) is 49.8. The Morgan fingerprint density at radius 1 is 0.554 bits per heavy atom. The molecule has 0 atom stereocenters. The largest absolute Gasteiger partial charge is 0.512 e. The second kappa shape index (κ2) is 24.3. The third-order valence-electron chi connectivity index (χ3n) is 18.0. The van der Waals surface area contributed by atoms with Crippen LogP contribution >= 0.6 is 0 Å². The van der Waals surface area contributed by atoms with E-state index in [1.54, 1.807) is 18.1 Å². The van der Waals surface area contributed by atoms with Crippen molar-refractivity contribution >= 4 is 16.6 Å². The molecule has 0 amide bonds. The molecule has 0 saturated carbocycles. The Morgan fingerprint density at radius 3 is 1.53 bits per heavy atom. The molecule has 0 fully saturated rings. The van der Waals surface area contributed by atoms with Gasteiger partial charge in [-0.15, -0.1) is 23.8 Å². The Bertz CT molecular complexity index is 4010. The maximum atomic E-state index is 10.0. The van der Waals surface area contributed by atoms with Crippen LogP contribution in [0.3, 0.4) is 0 Å². The van der Waals surface area contributed by atoms with Gasteiger partial charge in [-0.3, -0.25) is 4.79 Å². The molecule has 0 bridgehead atoms. The van der Waals surface area contributed by atoms with Crippen molar-refractivity contribution in [2.75, 3.05) is 0 Å².